The molecule has 2 N–H and O–H groups in total. The van der Waals surface area contributed by atoms with Crippen LogP contribution in [0.15, 0.2) is 30.3 Å². The van der Waals surface area contributed by atoms with E-state index in [1.807, 2.05) is 30.3 Å². The summed E-state index contributed by atoms with van der Waals surface area (Å²) in [6.45, 7) is 9.11. The molecule has 6 nitrogen and oxygen atoms in total. The molecule has 0 bridgehead atoms. The summed E-state index contributed by atoms with van der Waals surface area (Å²) < 4.78 is 0. The van der Waals surface area contributed by atoms with Crippen LogP contribution in [0, 0.1) is 5.41 Å². The Morgan fingerprint density at radius 2 is 1.96 bits per heavy atom. The molecule has 0 aromatic heterocycles. The minimum atomic E-state index is -0.0904. The van der Waals surface area contributed by atoms with Crippen LogP contribution >= 0.6 is 0 Å². The highest BCUT2D eigenvalue weighted by molar-refractivity contribution is 5.90. The Balaban J connectivity index is 1.59. The van der Waals surface area contributed by atoms with Crippen molar-refractivity contribution in [2.24, 2.45) is 5.41 Å². The molecular weight excluding hydrogens is 352 g/mol. The van der Waals surface area contributed by atoms with E-state index in [1.165, 1.54) is 0 Å². The molecule has 0 spiro atoms. The molecule has 2 aliphatic rings. The summed E-state index contributed by atoms with van der Waals surface area (Å²) in [6, 6.07) is 9.84. The number of likely N-dealkylation sites (tertiary alicyclic amines) is 1. The highest BCUT2D eigenvalue weighted by atomic mass is 16.2. The maximum Gasteiger partial charge on any atom is 0.239 e. The van der Waals surface area contributed by atoms with Gasteiger partial charge in [-0.15, -0.1) is 0 Å². The highest BCUT2D eigenvalue weighted by Gasteiger charge is 2.45. The molecule has 2 fully saturated rings. The van der Waals surface area contributed by atoms with Gasteiger partial charge in [0.1, 0.15) is 6.04 Å². The Bertz CT molecular complexity index is 686. The predicted octanol–water partition coefficient (Wildman–Crippen LogP) is 2.32. The number of hydrogen-bond donors (Lipinski definition) is 2. The summed E-state index contributed by atoms with van der Waals surface area (Å²) in [7, 11) is 2.11. The van der Waals surface area contributed by atoms with Crippen LogP contribution in [0.2, 0.25) is 0 Å². The fraction of sp³-hybridized carbons (Fsp3) is 0.636. The molecule has 2 saturated heterocycles. The van der Waals surface area contributed by atoms with Gasteiger partial charge in [0.25, 0.3) is 0 Å². The van der Waals surface area contributed by atoms with Crippen molar-refractivity contribution >= 4 is 17.5 Å². The average Bonchev–Trinajstić information content (AvgIpc) is 2.98. The Kier molecular flexibility index (Phi) is 6.40. The molecule has 0 saturated carbocycles. The third kappa shape index (κ3) is 5.11. The molecular formula is C22H34N4O2. The molecule has 2 heterocycles. The Labute approximate surface area is 168 Å². The maximum atomic E-state index is 12.8. The van der Waals surface area contributed by atoms with Gasteiger partial charge in [-0.05, 0) is 37.4 Å². The van der Waals surface area contributed by atoms with Gasteiger partial charge in [0.15, 0.2) is 0 Å². The second kappa shape index (κ2) is 8.62. The summed E-state index contributed by atoms with van der Waals surface area (Å²) in [5.41, 5.74) is 0.985. The van der Waals surface area contributed by atoms with Crippen molar-refractivity contribution in [1.29, 1.82) is 0 Å². The molecule has 1 aromatic carbocycles. The summed E-state index contributed by atoms with van der Waals surface area (Å²) >= 11 is 0. The first-order chi connectivity index (χ1) is 13.2. The van der Waals surface area contributed by atoms with Gasteiger partial charge in [-0.25, -0.2) is 0 Å². The molecule has 0 unspecified atom stereocenters. The number of nitrogens with one attached hydrogen (secondary N) is 2. The van der Waals surface area contributed by atoms with Crippen molar-refractivity contribution < 1.29 is 9.59 Å². The van der Waals surface area contributed by atoms with Crippen LogP contribution in [0.5, 0.6) is 0 Å². The number of nitrogens with zero attached hydrogens (tertiary/aromatic N) is 2. The Morgan fingerprint density at radius 1 is 1.25 bits per heavy atom. The van der Waals surface area contributed by atoms with E-state index < -0.39 is 0 Å². The minimum Gasteiger partial charge on any atom is -0.353 e. The molecule has 154 valence electrons. The Morgan fingerprint density at radius 3 is 2.64 bits per heavy atom. The van der Waals surface area contributed by atoms with Gasteiger partial charge in [-0.1, -0.05) is 39.0 Å². The highest BCUT2D eigenvalue weighted by Crippen LogP contribution is 2.30. The third-order valence-corrected chi connectivity index (χ3v) is 5.79. The predicted molar refractivity (Wildman–Crippen MR) is 112 cm³/mol. The van der Waals surface area contributed by atoms with E-state index in [-0.39, 0.29) is 35.4 Å². The number of hydrogen-bond acceptors (Lipinski definition) is 4. The minimum absolute atomic E-state index is 0.0208. The number of amides is 2. The SMILES string of the molecule is CN1[C@@H](CCC(=O)Nc2ccccc2)CNC(=O)[C@@H]2[C@H]1CCN2CC(C)(C)C. The monoisotopic (exact) mass is 386 g/mol. The van der Waals surface area contributed by atoms with Crippen molar-refractivity contribution in [2.75, 3.05) is 32.0 Å². The number of carbonyl (C=O) groups excluding carboxylic acids is 2. The largest absolute Gasteiger partial charge is 0.353 e. The molecule has 0 radical (unpaired) electrons. The van der Waals surface area contributed by atoms with Crippen molar-refractivity contribution in [3.05, 3.63) is 30.3 Å². The lowest BCUT2D eigenvalue weighted by atomic mass is 9.95. The van der Waals surface area contributed by atoms with E-state index in [2.05, 4.69) is 48.3 Å². The van der Waals surface area contributed by atoms with E-state index in [0.717, 1.165) is 31.6 Å². The first-order valence-electron chi connectivity index (χ1n) is 10.3. The van der Waals surface area contributed by atoms with Gasteiger partial charge in [-0.3, -0.25) is 19.4 Å². The van der Waals surface area contributed by atoms with Gasteiger partial charge in [0, 0.05) is 43.8 Å². The molecule has 3 rings (SSSR count). The Hall–Kier alpha value is -1.92. The average molecular weight is 387 g/mol. The summed E-state index contributed by atoms with van der Waals surface area (Å²) in [5, 5.41) is 6.08. The fourth-order valence-corrected chi connectivity index (χ4v) is 4.48. The number of rotatable bonds is 5. The second-order valence-corrected chi connectivity index (χ2v) is 9.35. The van der Waals surface area contributed by atoms with Crippen LogP contribution < -0.4 is 10.6 Å². The fourth-order valence-electron chi connectivity index (χ4n) is 4.48. The number of para-hydroxylation sites is 1. The first-order valence-corrected chi connectivity index (χ1v) is 10.3. The molecule has 1 aromatic rings. The molecule has 3 atom stereocenters. The van der Waals surface area contributed by atoms with Crippen LogP contribution in [-0.2, 0) is 9.59 Å². The molecule has 2 amide bonds. The van der Waals surface area contributed by atoms with E-state index >= 15 is 0 Å². The van der Waals surface area contributed by atoms with Gasteiger partial charge in [-0.2, -0.15) is 0 Å². The van der Waals surface area contributed by atoms with Gasteiger partial charge < -0.3 is 10.6 Å². The summed E-state index contributed by atoms with van der Waals surface area (Å²) in [5.74, 6) is 0.155. The molecule has 28 heavy (non-hydrogen) atoms. The lowest BCUT2D eigenvalue weighted by Gasteiger charge is -2.34. The van der Waals surface area contributed by atoms with Gasteiger partial charge >= 0.3 is 0 Å². The quantitative estimate of drug-likeness (QED) is 0.815. The van der Waals surface area contributed by atoms with Crippen LogP contribution in [0.1, 0.15) is 40.0 Å². The van der Waals surface area contributed by atoms with Crippen molar-refractivity contribution in [3.63, 3.8) is 0 Å². The second-order valence-electron chi connectivity index (χ2n) is 9.35. The zero-order chi connectivity index (χ0) is 20.3. The summed E-state index contributed by atoms with van der Waals surface area (Å²) in [6.07, 6.45) is 2.18. The van der Waals surface area contributed by atoms with Crippen LogP contribution in [0.25, 0.3) is 0 Å². The zero-order valence-electron chi connectivity index (χ0n) is 17.6. The number of anilines is 1. The lowest BCUT2D eigenvalue weighted by Crippen LogP contribution is -2.51. The van der Waals surface area contributed by atoms with Crippen LogP contribution in [0.3, 0.4) is 0 Å². The van der Waals surface area contributed by atoms with Crippen molar-refractivity contribution in [2.45, 2.75) is 58.2 Å². The van der Waals surface area contributed by atoms with E-state index in [0.29, 0.717) is 13.0 Å². The van der Waals surface area contributed by atoms with E-state index in [1.54, 1.807) is 0 Å². The topological polar surface area (TPSA) is 64.7 Å². The normalized spacial score (nSPS) is 26.4. The number of carbonyl (C=O) groups is 2. The molecule has 2 aliphatic heterocycles. The maximum absolute atomic E-state index is 12.8. The van der Waals surface area contributed by atoms with Crippen molar-refractivity contribution in [3.8, 4) is 0 Å². The number of benzene rings is 1. The lowest BCUT2D eigenvalue weighted by molar-refractivity contribution is -0.126. The van der Waals surface area contributed by atoms with Crippen LogP contribution in [-0.4, -0.2) is 66.4 Å². The van der Waals surface area contributed by atoms with Crippen molar-refractivity contribution in [1.82, 2.24) is 15.1 Å². The zero-order valence-corrected chi connectivity index (χ0v) is 17.6. The third-order valence-electron chi connectivity index (χ3n) is 5.79. The van der Waals surface area contributed by atoms with Gasteiger partial charge in [0.05, 0.1) is 0 Å². The molecule has 0 aliphatic carbocycles. The van der Waals surface area contributed by atoms with E-state index in [9.17, 15) is 9.59 Å². The van der Waals surface area contributed by atoms with Gasteiger partial charge in [0.2, 0.25) is 11.8 Å². The van der Waals surface area contributed by atoms with E-state index in [4.69, 9.17) is 0 Å². The smallest absolute Gasteiger partial charge is 0.239 e. The number of likely N-dealkylation sites (N-methyl/N-ethyl adjacent to an activating group) is 1. The molecule has 6 heteroatoms. The number of fused-ring (bicyclic) bond motifs is 1. The van der Waals surface area contributed by atoms with Crippen LogP contribution in [0.4, 0.5) is 5.69 Å². The summed E-state index contributed by atoms with van der Waals surface area (Å²) in [4.78, 5) is 29.8. The standard InChI is InChI=1S/C22H34N4O2/c1-22(2,3)15-26-13-12-18-20(26)21(28)23-14-17(25(18)4)10-11-19(27)24-16-8-6-5-7-9-16/h5-9,17-18,20H,10-15H2,1-4H3,(H,23,28)(H,24,27)/t17-,18+,20-/m0/s1. The first kappa shape index (κ1) is 20.8.